The number of carbonyl (C=O) groups is 3. The average molecular weight is 820 g/mol. The first-order valence-corrected chi connectivity index (χ1v) is 14.6. The Labute approximate surface area is 284 Å². The quantitative estimate of drug-likeness (QED) is 0.217. The number of carboxylic acids is 3. The van der Waals surface area contributed by atoms with Crippen molar-refractivity contribution in [2.45, 2.75) is 0 Å². The van der Waals surface area contributed by atoms with Crippen molar-refractivity contribution in [1.29, 1.82) is 0 Å². The Morgan fingerprint density at radius 2 is 0.581 bits per heavy atom. The monoisotopic (exact) mass is 816 g/mol. The number of fused-ring (bicyclic) bond motifs is 3. The van der Waals surface area contributed by atoms with Crippen molar-refractivity contribution >= 4 is 118 Å². The number of carboxylic acid groups (broad SMARTS) is 3. The average Bonchev–Trinajstić information content (AvgIpc) is 2.97. The minimum absolute atomic E-state index is 0. The van der Waals surface area contributed by atoms with Crippen LogP contribution in [0.2, 0.25) is 0 Å². The Hall–Kier alpha value is -3.41. The molecule has 0 amide bonds. The molecule has 10 heteroatoms. The van der Waals surface area contributed by atoms with E-state index in [0.717, 1.165) is 29.6 Å². The van der Waals surface area contributed by atoms with E-state index in [-0.39, 0.29) is 36.5 Å². The Morgan fingerprint density at radius 1 is 0.372 bits per heavy atom. The molecule has 0 spiro atoms. The SMILES string of the molecule is O=C([O-])c1cccc2c(Br)cccc12.O=C([O-])c1cccc2c(Br)cccc12.O=C([O-])c1cccc2c(Br)cccc12.[Ga+3]. The van der Waals surface area contributed by atoms with Crippen LogP contribution in [-0.2, 0) is 0 Å². The predicted molar refractivity (Wildman–Crippen MR) is 174 cm³/mol. The molecular weight excluding hydrogens is 802 g/mol. The zero-order valence-corrected chi connectivity index (χ0v) is 29.2. The van der Waals surface area contributed by atoms with Crippen LogP contribution in [0, 0.1) is 0 Å². The van der Waals surface area contributed by atoms with Crippen molar-refractivity contribution in [3.05, 3.63) is 139 Å². The van der Waals surface area contributed by atoms with Gasteiger partial charge in [-0.2, -0.15) is 0 Å². The van der Waals surface area contributed by atoms with Gasteiger partial charge in [0.1, 0.15) is 0 Å². The standard InChI is InChI=1S/3C11H7BrO2.Ga/c3*12-10-6-2-3-7-8(10)4-1-5-9(7)11(13)14;/h3*1-6H,(H,13,14);/q;;;+3/p-3. The molecule has 0 saturated heterocycles. The van der Waals surface area contributed by atoms with E-state index in [1.54, 1.807) is 72.8 Å². The van der Waals surface area contributed by atoms with Gasteiger partial charge in [-0.15, -0.1) is 0 Å². The maximum Gasteiger partial charge on any atom is 3.00 e. The Morgan fingerprint density at radius 3 is 0.814 bits per heavy atom. The fourth-order valence-electron chi connectivity index (χ4n) is 4.35. The third-order valence-electron chi connectivity index (χ3n) is 6.27. The molecule has 0 aliphatic carbocycles. The summed E-state index contributed by atoms with van der Waals surface area (Å²) in [5.74, 6) is -3.43. The maximum absolute atomic E-state index is 10.8. The van der Waals surface area contributed by atoms with Crippen LogP contribution in [0.25, 0.3) is 32.3 Å². The van der Waals surface area contributed by atoms with Gasteiger partial charge < -0.3 is 29.7 Å². The summed E-state index contributed by atoms with van der Waals surface area (Å²) in [7, 11) is 0. The number of rotatable bonds is 3. The zero-order chi connectivity index (χ0) is 30.4. The zero-order valence-electron chi connectivity index (χ0n) is 22.1. The van der Waals surface area contributed by atoms with Crippen molar-refractivity contribution in [2.24, 2.45) is 0 Å². The normalized spacial score (nSPS) is 10.1. The van der Waals surface area contributed by atoms with Gasteiger partial charge in [0.2, 0.25) is 0 Å². The van der Waals surface area contributed by atoms with Crippen LogP contribution >= 0.6 is 47.8 Å². The summed E-state index contributed by atoms with van der Waals surface area (Å²) in [5, 5.41) is 37.1. The number of halogens is 3. The molecule has 0 radical (unpaired) electrons. The molecule has 0 N–H and O–H groups in total. The Bertz CT molecular complexity index is 1750. The fourth-order valence-corrected chi connectivity index (χ4v) is 5.84. The largest absolute Gasteiger partial charge is 3.00 e. The second-order valence-corrected chi connectivity index (χ2v) is 11.3. The Balaban J connectivity index is 0.000000175. The van der Waals surface area contributed by atoms with E-state index in [2.05, 4.69) is 47.8 Å². The third kappa shape index (κ3) is 7.95. The summed E-state index contributed by atoms with van der Waals surface area (Å²) in [6.07, 6.45) is 0. The summed E-state index contributed by atoms with van der Waals surface area (Å²) in [5.41, 5.74) is 0.677. The van der Waals surface area contributed by atoms with E-state index in [1.165, 1.54) is 0 Å². The van der Waals surface area contributed by atoms with Crippen LogP contribution in [0.4, 0.5) is 0 Å². The van der Waals surface area contributed by atoms with Crippen LogP contribution in [0.15, 0.2) is 123 Å². The van der Waals surface area contributed by atoms with Gasteiger partial charge in [0.05, 0.1) is 17.9 Å². The van der Waals surface area contributed by atoms with Crippen molar-refractivity contribution in [3.63, 3.8) is 0 Å². The van der Waals surface area contributed by atoms with Crippen LogP contribution in [-0.4, -0.2) is 37.7 Å². The van der Waals surface area contributed by atoms with Gasteiger partial charge in [-0.3, -0.25) is 0 Å². The van der Waals surface area contributed by atoms with Crippen LogP contribution in [0.1, 0.15) is 31.1 Å². The molecular formula is C33H18Br3GaO6. The van der Waals surface area contributed by atoms with E-state index in [4.69, 9.17) is 0 Å². The van der Waals surface area contributed by atoms with Crippen LogP contribution < -0.4 is 15.3 Å². The molecule has 0 bridgehead atoms. The van der Waals surface area contributed by atoms with Crippen molar-refractivity contribution < 1.29 is 29.7 Å². The minimum Gasteiger partial charge on any atom is -0.545 e. The van der Waals surface area contributed by atoms with Gasteiger partial charge in [0.25, 0.3) is 0 Å². The van der Waals surface area contributed by atoms with Gasteiger partial charge in [-0.05, 0) is 50.5 Å². The van der Waals surface area contributed by atoms with Gasteiger partial charge in [0, 0.05) is 30.1 Å². The molecule has 0 aliphatic rings. The smallest absolute Gasteiger partial charge is 0.545 e. The molecule has 0 heterocycles. The molecule has 0 atom stereocenters. The van der Waals surface area contributed by atoms with Crippen LogP contribution in [0.5, 0.6) is 0 Å². The summed E-state index contributed by atoms with van der Waals surface area (Å²) >= 11 is 10.1. The number of aromatic carboxylic acids is 3. The number of hydrogen-bond acceptors (Lipinski definition) is 6. The van der Waals surface area contributed by atoms with Crippen molar-refractivity contribution in [1.82, 2.24) is 0 Å². The molecule has 6 aromatic rings. The summed E-state index contributed by atoms with van der Waals surface area (Å²) in [6, 6.07) is 31.7. The van der Waals surface area contributed by atoms with E-state index in [1.807, 2.05) is 36.4 Å². The second kappa shape index (κ2) is 15.4. The molecule has 0 aliphatic heterocycles. The molecule has 43 heavy (non-hydrogen) atoms. The number of carbonyl (C=O) groups excluding carboxylic acids is 3. The second-order valence-electron chi connectivity index (χ2n) is 8.78. The molecule has 6 rings (SSSR count). The fraction of sp³-hybridized carbons (Fsp3) is 0. The number of hydrogen-bond donors (Lipinski definition) is 0. The minimum atomic E-state index is -1.14. The van der Waals surface area contributed by atoms with E-state index in [0.29, 0.717) is 16.2 Å². The van der Waals surface area contributed by atoms with E-state index in [9.17, 15) is 29.7 Å². The Kier molecular flexibility index (Phi) is 12.2. The first-order chi connectivity index (χ1) is 20.1. The molecule has 0 saturated carbocycles. The first-order valence-electron chi connectivity index (χ1n) is 12.3. The summed E-state index contributed by atoms with van der Waals surface area (Å²) in [6.45, 7) is 0. The van der Waals surface area contributed by atoms with E-state index < -0.39 is 17.9 Å². The van der Waals surface area contributed by atoms with Gasteiger partial charge in [-0.25, -0.2) is 0 Å². The van der Waals surface area contributed by atoms with Crippen molar-refractivity contribution in [3.8, 4) is 0 Å². The van der Waals surface area contributed by atoms with Gasteiger partial charge in [-0.1, -0.05) is 139 Å². The summed E-state index contributed by atoms with van der Waals surface area (Å²) < 4.78 is 2.66. The van der Waals surface area contributed by atoms with Crippen molar-refractivity contribution in [2.75, 3.05) is 0 Å². The molecule has 6 nitrogen and oxygen atoms in total. The van der Waals surface area contributed by atoms with E-state index >= 15 is 0 Å². The molecule has 6 aromatic carbocycles. The molecule has 0 unspecified atom stereocenters. The molecule has 210 valence electrons. The van der Waals surface area contributed by atoms with Gasteiger partial charge in [0.15, 0.2) is 0 Å². The van der Waals surface area contributed by atoms with Gasteiger partial charge >= 0.3 is 19.8 Å². The topological polar surface area (TPSA) is 120 Å². The predicted octanol–water partition coefficient (Wildman–Crippen LogP) is 5.52. The molecule has 0 fully saturated rings. The maximum atomic E-state index is 10.8. The number of benzene rings is 6. The van der Waals surface area contributed by atoms with Crippen LogP contribution in [0.3, 0.4) is 0 Å². The third-order valence-corrected chi connectivity index (χ3v) is 8.34. The summed E-state index contributed by atoms with van der Waals surface area (Å²) in [4.78, 5) is 32.4. The first kappa shape index (κ1) is 34.1. The molecule has 0 aromatic heterocycles.